The molecule has 2 heterocycles. The molecular weight excluding hydrogens is 367 g/mol. The molecule has 28 heavy (non-hydrogen) atoms. The van der Waals surface area contributed by atoms with Crippen LogP contribution in [0.3, 0.4) is 0 Å². The van der Waals surface area contributed by atoms with Crippen molar-refractivity contribution in [3.05, 3.63) is 59.0 Å². The van der Waals surface area contributed by atoms with Crippen molar-refractivity contribution in [2.45, 2.75) is 25.4 Å². The summed E-state index contributed by atoms with van der Waals surface area (Å²) in [5, 5.41) is 7.05. The number of furan rings is 1. The number of halogens is 1. The maximum Gasteiger partial charge on any atom is 0.346 e. The monoisotopic (exact) mass is 386 g/mol. The van der Waals surface area contributed by atoms with Gasteiger partial charge in [0.15, 0.2) is 12.4 Å². The first-order chi connectivity index (χ1) is 13.6. The van der Waals surface area contributed by atoms with Gasteiger partial charge in [-0.25, -0.2) is 13.9 Å². The smallest absolute Gasteiger partial charge is 0.346 e. The summed E-state index contributed by atoms with van der Waals surface area (Å²) in [5.74, 6) is 0.731. The first kappa shape index (κ1) is 18.0. The van der Waals surface area contributed by atoms with Crippen LogP contribution < -0.4 is 15.7 Å². The molecule has 1 fully saturated rings. The quantitative estimate of drug-likeness (QED) is 0.639. The lowest BCUT2D eigenvalue weighted by molar-refractivity contribution is -0.123. The van der Waals surface area contributed by atoms with Crippen molar-refractivity contribution < 1.29 is 18.3 Å². The Hall–Kier alpha value is -3.36. The highest BCUT2D eigenvalue weighted by Gasteiger charge is 2.31. The second-order valence-corrected chi connectivity index (χ2v) is 6.50. The third-order valence-electron chi connectivity index (χ3n) is 4.35. The van der Waals surface area contributed by atoms with Gasteiger partial charge in [-0.05, 0) is 49.2 Å². The van der Waals surface area contributed by atoms with Crippen molar-refractivity contribution in [2.75, 3.05) is 13.2 Å². The molecule has 0 atom stereocenters. The Labute approximate surface area is 159 Å². The fourth-order valence-electron chi connectivity index (χ4n) is 2.83. The van der Waals surface area contributed by atoms with Gasteiger partial charge in [-0.3, -0.25) is 9.36 Å². The molecular formula is C19H19FN4O4. The van der Waals surface area contributed by atoms with Crippen LogP contribution in [0.15, 0.2) is 51.9 Å². The number of carbonyl (C=O) groups is 1. The molecule has 4 rings (SSSR count). The molecule has 9 heteroatoms. The lowest BCUT2D eigenvalue weighted by Gasteiger charge is -2.07. The van der Waals surface area contributed by atoms with E-state index < -0.39 is 0 Å². The van der Waals surface area contributed by atoms with E-state index in [0.717, 1.165) is 12.8 Å². The van der Waals surface area contributed by atoms with Gasteiger partial charge < -0.3 is 14.5 Å². The normalized spacial score (nSPS) is 13.5. The van der Waals surface area contributed by atoms with Crippen molar-refractivity contribution in [3.63, 3.8) is 0 Å². The average molecular weight is 386 g/mol. The first-order valence-corrected chi connectivity index (χ1v) is 9.00. The van der Waals surface area contributed by atoms with Gasteiger partial charge in [-0.1, -0.05) is 0 Å². The van der Waals surface area contributed by atoms with Gasteiger partial charge in [0.2, 0.25) is 5.82 Å². The number of rotatable bonds is 8. The van der Waals surface area contributed by atoms with E-state index in [1.54, 1.807) is 16.7 Å². The summed E-state index contributed by atoms with van der Waals surface area (Å²) < 4.78 is 26.5. The Kier molecular flexibility index (Phi) is 4.96. The zero-order chi connectivity index (χ0) is 19.5. The predicted octanol–water partition coefficient (Wildman–Crippen LogP) is 1.97. The summed E-state index contributed by atoms with van der Waals surface area (Å²) in [5.41, 5.74) is -0.217. The van der Waals surface area contributed by atoms with Crippen molar-refractivity contribution in [3.8, 4) is 17.3 Å². The number of carbonyl (C=O) groups excluding carboxylic acids is 1. The number of aromatic nitrogens is 3. The Morgan fingerprint density at radius 1 is 1.29 bits per heavy atom. The summed E-state index contributed by atoms with van der Waals surface area (Å²) in [7, 11) is 0. The van der Waals surface area contributed by atoms with Gasteiger partial charge >= 0.3 is 5.69 Å². The molecule has 146 valence electrons. The fourth-order valence-corrected chi connectivity index (χ4v) is 2.83. The van der Waals surface area contributed by atoms with E-state index in [4.69, 9.17) is 9.15 Å². The van der Waals surface area contributed by atoms with E-state index in [2.05, 4.69) is 10.4 Å². The van der Waals surface area contributed by atoms with Crippen LogP contribution in [-0.4, -0.2) is 33.4 Å². The SMILES string of the molecule is O=C(COc1ccc(F)cc1)NCCn1nc(-c2ccco2)n(C2CC2)c1=O. The van der Waals surface area contributed by atoms with Crippen LogP contribution in [0.4, 0.5) is 4.39 Å². The molecule has 1 aliphatic rings. The molecule has 8 nitrogen and oxygen atoms in total. The zero-order valence-corrected chi connectivity index (χ0v) is 15.0. The van der Waals surface area contributed by atoms with Crippen molar-refractivity contribution in [1.82, 2.24) is 19.7 Å². The number of hydrogen-bond donors (Lipinski definition) is 1. The van der Waals surface area contributed by atoms with E-state index in [9.17, 15) is 14.0 Å². The maximum absolute atomic E-state index is 12.8. The molecule has 1 amide bonds. The van der Waals surface area contributed by atoms with Gasteiger partial charge in [-0.2, -0.15) is 0 Å². The molecule has 2 aromatic heterocycles. The second-order valence-electron chi connectivity index (χ2n) is 6.50. The summed E-state index contributed by atoms with van der Waals surface area (Å²) in [6.07, 6.45) is 3.42. The number of nitrogens with one attached hydrogen (secondary N) is 1. The maximum atomic E-state index is 12.8. The topological polar surface area (TPSA) is 91.3 Å². The highest BCUT2D eigenvalue weighted by Crippen LogP contribution is 2.36. The van der Waals surface area contributed by atoms with Crippen LogP contribution in [0.1, 0.15) is 18.9 Å². The molecule has 0 aliphatic heterocycles. The van der Waals surface area contributed by atoms with E-state index in [-0.39, 0.29) is 43.2 Å². The van der Waals surface area contributed by atoms with Crippen molar-refractivity contribution in [1.29, 1.82) is 0 Å². The Morgan fingerprint density at radius 2 is 2.07 bits per heavy atom. The standard InChI is InChI=1S/C19H19FN4O4/c20-13-3-7-15(8-4-13)28-12-17(25)21-9-10-23-19(26)24(14-5-6-14)18(22-23)16-2-1-11-27-16/h1-4,7-8,11,14H,5-6,9-10,12H2,(H,21,25). The van der Waals surface area contributed by atoms with Crippen LogP contribution in [-0.2, 0) is 11.3 Å². The summed E-state index contributed by atoms with van der Waals surface area (Å²) in [6.45, 7) is 0.258. The van der Waals surface area contributed by atoms with Crippen LogP contribution in [0.5, 0.6) is 5.75 Å². The molecule has 1 aromatic carbocycles. The summed E-state index contributed by atoms with van der Waals surface area (Å²) in [4.78, 5) is 24.5. The van der Waals surface area contributed by atoms with E-state index in [0.29, 0.717) is 17.3 Å². The number of benzene rings is 1. The fraction of sp³-hybridized carbons (Fsp3) is 0.316. The van der Waals surface area contributed by atoms with Crippen LogP contribution in [0.2, 0.25) is 0 Å². The minimum atomic E-state index is -0.373. The molecule has 1 saturated carbocycles. The molecule has 0 bridgehead atoms. The van der Waals surface area contributed by atoms with Gasteiger partial charge in [0.05, 0.1) is 12.8 Å². The largest absolute Gasteiger partial charge is 0.484 e. The van der Waals surface area contributed by atoms with Crippen molar-refractivity contribution in [2.24, 2.45) is 0 Å². The van der Waals surface area contributed by atoms with E-state index in [1.807, 2.05) is 0 Å². The lowest BCUT2D eigenvalue weighted by atomic mass is 10.3. The van der Waals surface area contributed by atoms with Gasteiger partial charge in [0, 0.05) is 12.6 Å². The zero-order valence-electron chi connectivity index (χ0n) is 15.0. The Bertz CT molecular complexity index is 1000. The number of amides is 1. The molecule has 0 unspecified atom stereocenters. The van der Waals surface area contributed by atoms with Crippen LogP contribution >= 0.6 is 0 Å². The Morgan fingerprint density at radius 3 is 2.75 bits per heavy atom. The summed E-state index contributed by atoms with van der Waals surface area (Å²) in [6, 6.07) is 9.07. The molecule has 1 aliphatic carbocycles. The minimum Gasteiger partial charge on any atom is -0.484 e. The Balaban J connectivity index is 1.33. The van der Waals surface area contributed by atoms with Gasteiger partial charge in [0.1, 0.15) is 11.6 Å². The molecule has 1 N–H and O–H groups in total. The second kappa shape index (κ2) is 7.71. The minimum absolute atomic E-state index is 0.153. The lowest BCUT2D eigenvalue weighted by Crippen LogP contribution is -2.34. The molecule has 0 spiro atoms. The molecule has 3 aromatic rings. The highest BCUT2D eigenvalue weighted by molar-refractivity contribution is 5.77. The highest BCUT2D eigenvalue weighted by atomic mass is 19.1. The van der Waals surface area contributed by atoms with E-state index >= 15 is 0 Å². The third-order valence-corrected chi connectivity index (χ3v) is 4.35. The van der Waals surface area contributed by atoms with Crippen LogP contribution in [0, 0.1) is 5.82 Å². The first-order valence-electron chi connectivity index (χ1n) is 9.00. The predicted molar refractivity (Wildman–Crippen MR) is 97.4 cm³/mol. The third kappa shape index (κ3) is 3.98. The van der Waals surface area contributed by atoms with E-state index in [1.165, 1.54) is 35.2 Å². The van der Waals surface area contributed by atoms with Gasteiger partial charge in [-0.15, -0.1) is 5.10 Å². The summed E-state index contributed by atoms with van der Waals surface area (Å²) >= 11 is 0. The van der Waals surface area contributed by atoms with Crippen LogP contribution in [0.25, 0.3) is 11.6 Å². The molecule has 0 saturated heterocycles. The molecule has 0 radical (unpaired) electrons. The average Bonchev–Trinajstić information content (AvgIpc) is 3.26. The number of hydrogen-bond acceptors (Lipinski definition) is 5. The van der Waals surface area contributed by atoms with Crippen molar-refractivity contribution >= 4 is 5.91 Å². The number of nitrogens with zero attached hydrogens (tertiary/aromatic N) is 3. The number of ether oxygens (including phenoxy) is 1. The van der Waals surface area contributed by atoms with Gasteiger partial charge in [0.25, 0.3) is 5.91 Å².